The molecule has 2 rings (SSSR count). The molecule has 0 saturated heterocycles. The highest BCUT2D eigenvalue weighted by Crippen LogP contribution is 2.19. The van der Waals surface area contributed by atoms with E-state index in [1.807, 2.05) is 44.2 Å². The second-order valence-electron chi connectivity index (χ2n) is 5.30. The van der Waals surface area contributed by atoms with Gasteiger partial charge in [-0.3, -0.25) is 14.6 Å². The van der Waals surface area contributed by atoms with Gasteiger partial charge in [0.05, 0.1) is 13.5 Å². The van der Waals surface area contributed by atoms with Crippen molar-refractivity contribution in [3.8, 4) is 0 Å². The highest BCUT2D eigenvalue weighted by molar-refractivity contribution is 6.05. The van der Waals surface area contributed by atoms with Crippen molar-refractivity contribution in [2.75, 3.05) is 13.7 Å². The van der Waals surface area contributed by atoms with Crippen molar-refractivity contribution < 1.29 is 14.3 Å². The smallest absolute Gasteiger partial charge is 0.307 e. The number of amides is 1. The molecule has 22 heavy (non-hydrogen) atoms. The summed E-state index contributed by atoms with van der Waals surface area (Å²) in [5.74, 6) is -0.500. The molecule has 0 fully saturated rings. The summed E-state index contributed by atoms with van der Waals surface area (Å²) < 4.78 is 4.64. The zero-order valence-corrected chi connectivity index (χ0v) is 13.1. The first kappa shape index (κ1) is 15.9. The van der Waals surface area contributed by atoms with Crippen LogP contribution in [0.1, 0.15) is 30.8 Å². The number of hydrogen-bond acceptors (Lipinski definition) is 4. The van der Waals surface area contributed by atoms with E-state index in [1.54, 1.807) is 11.1 Å². The third-order valence-corrected chi connectivity index (χ3v) is 3.54. The van der Waals surface area contributed by atoms with Gasteiger partial charge in [-0.1, -0.05) is 24.3 Å². The second kappa shape index (κ2) is 7.02. The summed E-state index contributed by atoms with van der Waals surface area (Å²) in [5.41, 5.74) is 0.414. The summed E-state index contributed by atoms with van der Waals surface area (Å²) in [6.45, 7) is 4.15. The number of aromatic nitrogens is 1. The molecule has 116 valence electrons. The van der Waals surface area contributed by atoms with Crippen LogP contribution in [0.3, 0.4) is 0 Å². The fourth-order valence-electron chi connectivity index (χ4n) is 2.33. The maximum atomic E-state index is 12.8. The zero-order valence-electron chi connectivity index (χ0n) is 13.1. The molecule has 5 nitrogen and oxygen atoms in total. The highest BCUT2D eigenvalue weighted by atomic mass is 16.5. The lowest BCUT2D eigenvalue weighted by molar-refractivity contribution is -0.140. The van der Waals surface area contributed by atoms with E-state index in [0.717, 1.165) is 10.8 Å². The summed E-state index contributed by atoms with van der Waals surface area (Å²) in [6, 6.07) is 9.48. The largest absolute Gasteiger partial charge is 0.469 e. The molecule has 1 amide bonds. The molecule has 0 aliphatic heterocycles. The van der Waals surface area contributed by atoms with E-state index in [0.29, 0.717) is 12.2 Å². The summed E-state index contributed by atoms with van der Waals surface area (Å²) in [5, 5.41) is 1.79. The molecular formula is C17H20N2O3. The van der Waals surface area contributed by atoms with E-state index in [9.17, 15) is 9.59 Å². The van der Waals surface area contributed by atoms with Gasteiger partial charge < -0.3 is 9.64 Å². The predicted molar refractivity (Wildman–Crippen MR) is 84.5 cm³/mol. The topological polar surface area (TPSA) is 59.5 Å². The summed E-state index contributed by atoms with van der Waals surface area (Å²) >= 11 is 0. The number of fused-ring (bicyclic) bond motifs is 1. The number of carbonyl (C=O) groups is 2. The lowest BCUT2D eigenvalue weighted by Gasteiger charge is -2.26. The van der Waals surface area contributed by atoms with Crippen LogP contribution in [-0.4, -0.2) is 41.5 Å². The van der Waals surface area contributed by atoms with Crippen molar-refractivity contribution in [1.29, 1.82) is 0 Å². The number of esters is 1. The molecule has 0 aliphatic rings. The number of benzene rings is 1. The number of methoxy groups -OCH3 is 1. The Morgan fingerprint density at radius 2 is 1.95 bits per heavy atom. The fraction of sp³-hybridized carbons (Fsp3) is 0.353. The molecule has 2 aromatic rings. The molecule has 0 radical (unpaired) electrons. The number of ether oxygens (including phenoxy) is 1. The van der Waals surface area contributed by atoms with Gasteiger partial charge in [0.2, 0.25) is 0 Å². The van der Waals surface area contributed by atoms with E-state index >= 15 is 0 Å². The third kappa shape index (κ3) is 3.42. The number of nitrogens with zero attached hydrogens (tertiary/aromatic N) is 2. The van der Waals surface area contributed by atoms with E-state index in [-0.39, 0.29) is 24.3 Å². The quantitative estimate of drug-likeness (QED) is 0.797. The zero-order chi connectivity index (χ0) is 16.1. The Hall–Kier alpha value is -2.43. The maximum Gasteiger partial charge on any atom is 0.307 e. The van der Waals surface area contributed by atoms with Crippen molar-refractivity contribution in [2.45, 2.75) is 26.3 Å². The average molecular weight is 300 g/mol. The fourth-order valence-corrected chi connectivity index (χ4v) is 2.33. The molecule has 5 heteroatoms. The summed E-state index contributed by atoms with van der Waals surface area (Å²) in [7, 11) is 1.34. The third-order valence-electron chi connectivity index (χ3n) is 3.54. The Morgan fingerprint density at radius 3 is 2.64 bits per heavy atom. The van der Waals surface area contributed by atoms with Crippen molar-refractivity contribution in [3.63, 3.8) is 0 Å². The number of rotatable bonds is 5. The van der Waals surface area contributed by atoms with Crippen LogP contribution in [0.25, 0.3) is 10.8 Å². The minimum Gasteiger partial charge on any atom is -0.469 e. The van der Waals surface area contributed by atoms with Gasteiger partial charge in [0.15, 0.2) is 0 Å². The van der Waals surface area contributed by atoms with Gasteiger partial charge in [0.1, 0.15) is 5.69 Å². The minimum absolute atomic E-state index is 0.0297. The first-order valence-electron chi connectivity index (χ1n) is 7.26. The van der Waals surface area contributed by atoms with Crippen LogP contribution in [0.5, 0.6) is 0 Å². The van der Waals surface area contributed by atoms with Gasteiger partial charge in [-0.2, -0.15) is 0 Å². The highest BCUT2D eigenvalue weighted by Gasteiger charge is 2.22. The van der Waals surface area contributed by atoms with Crippen molar-refractivity contribution in [1.82, 2.24) is 9.88 Å². The average Bonchev–Trinajstić information content (AvgIpc) is 2.53. The monoisotopic (exact) mass is 300 g/mol. The molecule has 1 heterocycles. The normalized spacial score (nSPS) is 10.7. The Kier molecular flexibility index (Phi) is 5.09. The Labute approximate surface area is 129 Å². The minimum atomic E-state index is -0.329. The first-order valence-corrected chi connectivity index (χ1v) is 7.26. The van der Waals surface area contributed by atoms with E-state index < -0.39 is 0 Å². The van der Waals surface area contributed by atoms with Crippen LogP contribution >= 0.6 is 0 Å². The Morgan fingerprint density at radius 1 is 1.23 bits per heavy atom. The van der Waals surface area contributed by atoms with E-state index in [1.165, 1.54) is 7.11 Å². The molecule has 0 N–H and O–H groups in total. The standard InChI is InChI=1S/C17H20N2O3/c1-12(2)19(11-9-15(20)22-3)17(21)16-14-7-5-4-6-13(14)8-10-18-16/h4-8,10,12H,9,11H2,1-3H3. The number of carbonyl (C=O) groups excluding carboxylic acids is 2. The number of hydrogen-bond donors (Lipinski definition) is 0. The second-order valence-corrected chi connectivity index (χ2v) is 5.30. The van der Waals surface area contributed by atoms with Crippen LogP contribution in [-0.2, 0) is 9.53 Å². The molecule has 0 unspecified atom stereocenters. The summed E-state index contributed by atoms with van der Waals surface area (Å²) in [6.07, 6.45) is 1.81. The van der Waals surface area contributed by atoms with Crippen LogP contribution < -0.4 is 0 Å². The van der Waals surface area contributed by atoms with Crippen LogP contribution in [0, 0.1) is 0 Å². The first-order chi connectivity index (χ1) is 10.5. The molecule has 0 atom stereocenters. The molecule has 0 saturated carbocycles. The van der Waals surface area contributed by atoms with E-state index in [4.69, 9.17) is 0 Å². The molecule has 1 aromatic carbocycles. The van der Waals surface area contributed by atoms with Gasteiger partial charge in [-0.15, -0.1) is 0 Å². The van der Waals surface area contributed by atoms with Gasteiger partial charge in [-0.25, -0.2) is 0 Å². The Balaban J connectivity index is 2.31. The van der Waals surface area contributed by atoms with Crippen molar-refractivity contribution in [3.05, 3.63) is 42.2 Å². The lowest BCUT2D eigenvalue weighted by Crippen LogP contribution is -2.39. The maximum absolute atomic E-state index is 12.8. The molecular weight excluding hydrogens is 280 g/mol. The molecule has 0 bridgehead atoms. The van der Waals surface area contributed by atoms with Crippen LogP contribution in [0.4, 0.5) is 0 Å². The molecule has 0 spiro atoms. The van der Waals surface area contributed by atoms with Crippen LogP contribution in [0.15, 0.2) is 36.5 Å². The Bertz CT molecular complexity index is 677. The van der Waals surface area contributed by atoms with Gasteiger partial charge in [0, 0.05) is 24.2 Å². The summed E-state index contributed by atoms with van der Waals surface area (Å²) in [4.78, 5) is 30.0. The molecule has 0 aliphatic carbocycles. The van der Waals surface area contributed by atoms with Gasteiger partial charge >= 0.3 is 5.97 Å². The van der Waals surface area contributed by atoms with Crippen LogP contribution in [0.2, 0.25) is 0 Å². The lowest BCUT2D eigenvalue weighted by atomic mass is 10.1. The molecule has 1 aromatic heterocycles. The van der Waals surface area contributed by atoms with Crippen molar-refractivity contribution in [2.24, 2.45) is 0 Å². The van der Waals surface area contributed by atoms with E-state index in [2.05, 4.69) is 9.72 Å². The van der Waals surface area contributed by atoms with Gasteiger partial charge in [-0.05, 0) is 25.3 Å². The van der Waals surface area contributed by atoms with Crippen molar-refractivity contribution >= 4 is 22.6 Å². The number of pyridine rings is 1. The van der Waals surface area contributed by atoms with Gasteiger partial charge in [0.25, 0.3) is 5.91 Å². The predicted octanol–water partition coefficient (Wildman–Crippen LogP) is 2.65. The SMILES string of the molecule is COC(=O)CCN(C(=O)c1nccc2ccccc12)C(C)C.